The minimum absolute atomic E-state index is 0.175. The SMILES string of the molecule is CCCNCC(O)CSCC. The third-order valence-corrected chi connectivity index (χ3v) is 2.35. The van der Waals surface area contributed by atoms with Crippen molar-refractivity contribution in [2.24, 2.45) is 0 Å². The van der Waals surface area contributed by atoms with Gasteiger partial charge in [-0.1, -0.05) is 13.8 Å². The highest BCUT2D eigenvalue weighted by Gasteiger charge is 2.00. The molecule has 1 atom stereocenters. The molecule has 0 saturated carbocycles. The summed E-state index contributed by atoms with van der Waals surface area (Å²) in [6.45, 7) is 5.98. The molecule has 2 nitrogen and oxygen atoms in total. The largest absolute Gasteiger partial charge is 0.391 e. The van der Waals surface area contributed by atoms with E-state index in [9.17, 15) is 5.11 Å². The molecule has 0 aromatic carbocycles. The first-order chi connectivity index (χ1) is 5.31. The lowest BCUT2D eigenvalue weighted by Gasteiger charge is -2.09. The van der Waals surface area contributed by atoms with E-state index in [0.29, 0.717) is 0 Å². The molecule has 0 aliphatic carbocycles. The average molecular weight is 177 g/mol. The fourth-order valence-corrected chi connectivity index (χ4v) is 1.38. The molecule has 2 N–H and O–H groups in total. The minimum Gasteiger partial charge on any atom is -0.391 e. The second-order valence-electron chi connectivity index (χ2n) is 2.52. The zero-order chi connectivity index (χ0) is 8.53. The van der Waals surface area contributed by atoms with Crippen LogP contribution in [0.4, 0.5) is 0 Å². The third kappa shape index (κ3) is 8.17. The van der Waals surface area contributed by atoms with Gasteiger partial charge in [-0.15, -0.1) is 0 Å². The molecule has 68 valence electrons. The minimum atomic E-state index is -0.175. The van der Waals surface area contributed by atoms with Crippen molar-refractivity contribution in [1.29, 1.82) is 0 Å². The Bertz CT molecular complexity index is 80.5. The van der Waals surface area contributed by atoms with Crippen molar-refractivity contribution < 1.29 is 5.11 Å². The van der Waals surface area contributed by atoms with Gasteiger partial charge < -0.3 is 10.4 Å². The van der Waals surface area contributed by atoms with E-state index in [1.54, 1.807) is 11.8 Å². The van der Waals surface area contributed by atoms with Crippen molar-refractivity contribution in [2.75, 3.05) is 24.6 Å². The molecule has 0 spiro atoms. The molecule has 0 bridgehead atoms. The maximum atomic E-state index is 9.32. The van der Waals surface area contributed by atoms with Gasteiger partial charge in [0.25, 0.3) is 0 Å². The number of hydrogen-bond donors (Lipinski definition) is 2. The van der Waals surface area contributed by atoms with Gasteiger partial charge in [-0.25, -0.2) is 0 Å². The fourth-order valence-electron chi connectivity index (χ4n) is 0.758. The van der Waals surface area contributed by atoms with Crippen LogP contribution in [-0.2, 0) is 0 Å². The maximum absolute atomic E-state index is 9.32. The molecule has 0 saturated heterocycles. The Kier molecular flexibility index (Phi) is 8.57. The molecule has 3 heteroatoms. The van der Waals surface area contributed by atoms with E-state index < -0.39 is 0 Å². The van der Waals surface area contributed by atoms with Crippen molar-refractivity contribution in [3.05, 3.63) is 0 Å². The summed E-state index contributed by atoms with van der Waals surface area (Å²) in [5, 5.41) is 12.5. The van der Waals surface area contributed by atoms with E-state index in [4.69, 9.17) is 0 Å². The number of aliphatic hydroxyl groups is 1. The summed E-state index contributed by atoms with van der Waals surface area (Å²) in [7, 11) is 0. The van der Waals surface area contributed by atoms with Gasteiger partial charge in [-0.3, -0.25) is 0 Å². The number of thioether (sulfide) groups is 1. The van der Waals surface area contributed by atoms with E-state index in [1.807, 2.05) is 0 Å². The lowest BCUT2D eigenvalue weighted by molar-refractivity contribution is 0.196. The van der Waals surface area contributed by atoms with Gasteiger partial charge in [-0.05, 0) is 18.7 Å². The number of nitrogens with one attached hydrogen (secondary N) is 1. The normalized spacial score (nSPS) is 13.4. The summed E-state index contributed by atoms with van der Waals surface area (Å²) in [5.41, 5.74) is 0. The zero-order valence-electron chi connectivity index (χ0n) is 7.47. The second-order valence-corrected chi connectivity index (χ2v) is 3.84. The number of hydrogen-bond acceptors (Lipinski definition) is 3. The van der Waals surface area contributed by atoms with Crippen LogP contribution in [0.25, 0.3) is 0 Å². The Balaban J connectivity index is 3.02. The molecule has 11 heavy (non-hydrogen) atoms. The fraction of sp³-hybridized carbons (Fsp3) is 1.00. The summed E-state index contributed by atoms with van der Waals surface area (Å²) in [6.07, 6.45) is 0.958. The Morgan fingerprint density at radius 2 is 2.18 bits per heavy atom. The molecular formula is C8H19NOS. The summed E-state index contributed by atoms with van der Waals surface area (Å²) in [6, 6.07) is 0. The highest BCUT2D eigenvalue weighted by atomic mass is 32.2. The van der Waals surface area contributed by atoms with Gasteiger partial charge >= 0.3 is 0 Å². The molecule has 0 aliphatic rings. The first kappa shape index (κ1) is 11.3. The van der Waals surface area contributed by atoms with E-state index in [1.165, 1.54) is 0 Å². The Hall–Kier alpha value is 0.270. The lowest BCUT2D eigenvalue weighted by Crippen LogP contribution is -2.28. The average Bonchev–Trinajstić information content (AvgIpc) is 2.01. The topological polar surface area (TPSA) is 32.3 Å². The van der Waals surface area contributed by atoms with Crippen molar-refractivity contribution in [1.82, 2.24) is 5.32 Å². The summed E-state index contributed by atoms with van der Waals surface area (Å²) >= 11 is 1.78. The van der Waals surface area contributed by atoms with Gasteiger partial charge in [0.2, 0.25) is 0 Å². The van der Waals surface area contributed by atoms with Crippen molar-refractivity contribution in [3.8, 4) is 0 Å². The van der Waals surface area contributed by atoms with Crippen LogP contribution < -0.4 is 5.32 Å². The van der Waals surface area contributed by atoms with Crippen LogP contribution in [0, 0.1) is 0 Å². The van der Waals surface area contributed by atoms with Crippen LogP contribution in [0.1, 0.15) is 20.3 Å². The molecule has 0 aromatic rings. The number of rotatable bonds is 7. The van der Waals surface area contributed by atoms with E-state index in [-0.39, 0.29) is 6.10 Å². The molecule has 0 aliphatic heterocycles. The summed E-state index contributed by atoms with van der Waals surface area (Å²) in [5.74, 6) is 1.94. The van der Waals surface area contributed by atoms with Gasteiger partial charge in [-0.2, -0.15) is 11.8 Å². The zero-order valence-corrected chi connectivity index (χ0v) is 8.28. The number of aliphatic hydroxyl groups excluding tert-OH is 1. The lowest BCUT2D eigenvalue weighted by atomic mass is 10.4. The summed E-state index contributed by atoms with van der Waals surface area (Å²) in [4.78, 5) is 0. The first-order valence-corrected chi connectivity index (χ1v) is 5.43. The molecule has 1 unspecified atom stereocenters. The van der Waals surface area contributed by atoms with Crippen molar-refractivity contribution in [2.45, 2.75) is 26.4 Å². The van der Waals surface area contributed by atoms with Gasteiger partial charge in [0, 0.05) is 12.3 Å². The van der Waals surface area contributed by atoms with Crippen LogP contribution in [-0.4, -0.2) is 35.8 Å². The van der Waals surface area contributed by atoms with Crippen LogP contribution in [0.5, 0.6) is 0 Å². The Labute approximate surface area is 73.8 Å². The molecule has 0 amide bonds. The van der Waals surface area contributed by atoms with Crippen LogP contribution in [0.2, 0.25) is 0 Å². The molecule has 0 heterocycles. The quantitative estimate of drug-likeness (QED) is 0.571. The van der Waals surface area contributed by atoms with Crippen LogP contribution in [0.15, 0.2) is 0 Å². The van der Waals surface area contributed by atoms with Gasteiger partial charge in [0.1, 0.15) is 0 Å². The smallest absolute Gasteiger partial charge is 0.0754 e. The van der Waals surface area contributed by atoms with Gasteiger partial charge in [0.15, 0.2) is 0 Å². The molecule has 0 radical (unpaired) electrons. The first-order valence-electron chi connectivity index (χ1n) is 4.27. The molecule has 0 fully saturated rings. The summed E-state index contributed by atoms with van der Waals surface area (Å²) < 4.78 is 0. The standard InChI is InChI=1S/C8H19NOS/c1-3-5-9-6-8(10)7-11-4-2/h8-10H,3-7H2,1-2H3. The Morgan fingerprint density at radius 3 is 2.73 bits per heavy atom. The van der Waals surface area contributed by atoms with E-state index in [0.717, 1.165) is 31.0 Å². The predicted molar refractivity (Wildman–Crippen MR) is 52.2 cm³/mol. The molecular weight excluding hydrogens is 158 g/mol. The third-order valence-electron chi connectivity index (χ3n) is 1.32. The van der Waals surface area contributed by atoms with Gasteiger partial charge in [0.05, 0.1) is 6.10 Å². The van der Waals surface area contributed by atoms with Crippen LogP contribution >= 0.6 is 11.8 Å². The van der Waals surface area contributed by atoms with E-state index in [2.05, 4.69) is 19.2 Å². The van der Waals surface area contributed by atoms with Crippen molar-refractivity contribution >= 4 is 11.8 Å². The molecule has 0 aromatic heterocycles. The highest BCUT2D eigenvalue weighted by Crippen LogP contribution is 2.00. The van der Waals surface area contributed by atoms with Crippen molar-refractivity contribution in [3.63, 3.8) is 0 Å². The predicted octanol–water partition coefficient (Wildman–Crippen LogP) is 1.10. The second kappa shape index (κ2) is 8.37. The maximum Gasteiger partial charge on any atom is 0.0754 e. The monoisotopic (exact) mass is 177 g/mol. The Morgan fingerprint density at radius 1 is 1.45 bits per heavy atom. The van der Waals surface area contributed by atoms with Crippen LogP contribution in [0.3, 0.4) is 0 Å². The van der Waals surface area contributed by atoms with E-state index >= 15 is 0 Å². The highest BCUT2D eigenvalue weighted by molar-refractivity contribution is 7.99. The molecule has 0 rings (SSSR count).